The van der Waals surface area contributed by atoms with Gasteiger partial charge in [0.15, 0.2) is 0 Å². The smallest absolute Gasteiger partial charge is 0.0281 e. The lowest BCUT2D eigenvalue weighted by atomic mass is 9.90. The van der Waals surface area contributed by atoms with Crippen molar-refractivity contribution >= 4 is 0 Å². The van der Waals surface area contributed by atoms with Crippen LogP contribution in [0.15, 0.2) is 24.3 Å². The highest BCUT2D eigenvalue weighted by Gasteiger charge is 2.11. The van der Waals surface area contributed by atoms with E-state index in [1.54, 1.807) is 0 Å². The van der Waals surface area contributed by atoms with Crippen LogP contribution in [0.2, 0.25) is 0 Å². The van der Waals surface area contributed by atoms with E-state index in [9.17, 15) is 0 Å². The lowest BCUT2D eigenvalue weighted by Crippen LogP contribution is -2.29. The fourth-order valence-corrected chi connectivity index (χ4v) is 0.907. The molecule has 0 saturated heterocycles. The number of hydrogen-bond donors (Lipinski definition) is 1. The first-order valence-electron chi connectivity index (χ1n) is 6.35. The van der Waals surface area contributed by atoms with Crippen LogP contribution in [0.3, 0.4) is 0 Å². The second-order valence-electron chi connectivity index (χ2n) is 5.49. The molecule has 0 aliphatic rings. The van der Waals surface area contributed by atoms with Gasteiger partial charge in [-0.2, -0.15) is 0 Å². The molecule has 96 valence electrons. The van der Waals surface area contributed by atoms with Gasteiger partial charge in [0.2, 0.25) is 0 Å². The van der Waals surface area contributed by atoms with Gasteiger partial charge in [-0.05, 0) is 20.3 Å². The van der Waals surface area contributed by atoms with Crippen LogP contribution in [0.4, 0.5) is 0 Å². The van der Waals surface area contributed by atoms with Gasteiger partial charge < -0.3 is 5.73 Å². The predicted molar refractivity (Wildman–Crippen MR) is 76.6 cm³/mol. The van der Waals surface area contributed by atoms with E-state index < -0.39 is 0 Å². The van der Waals surface area contributed by atoms with Crippen molar-refractivity contribution in [3.63, 3.8) is 0 Å². The Labute approximate surface area is 103 Å². The molecule has 0 aromatic carbocycles. The van der Waals surface area contributed by atoms with Crippen molar-refractivity contribution in [2.75, 3.05) is 0 Å². The normalized spacial score (nSPS) is 13.0. The van der Waals surface area contributed by atoms with Gasteiger partial charge >= 0.3 is 0 Å². The Balaban J connectivity index is 0. The summed E-state index contributed by atoms with van der Waals surface area (Å²) in [6, 6.07) is 0. The van der Waals surface area contributed by atoms with Crippen molar-refractivity contribution in [2.45, 2.75) is 66.8 Å². The monoisotopic (exact) mass is 225 g/mol. The van der Waals surface area contributed by atoms with E-state index in [0.717, 1.165) is 6.42 Å². The van der Waals surface area contributed by atoms with Crippen molar-refractivity contribution in [3.05, 3.63) is 24.3 Å². The summed E-state index contributed by atoms with van der Waals surface area (Å²) >= 11 is 0. The maximum Gasteiger partial charge on any atom is 0.0281 e. The maximum absolute atomic E-state index is 5.86. The van der Waals surface area contributed by atoms with Gasteiger partial charge in [-0.1, -0.05) is 65.3 Å². The average Bonchev–Trinajstić information content (AvgIpc) is 2.12. The molecule has 0 spiro atoms. The summed E-state index contributed by atoms with van der Waals surface area (Å²) < 4.78 is 0. The van der Waals surface area contributed by atoms with Gasteiger partial charge in [0, 0.05) is 11.0 Å². The highest BCUT2D eigenvalue weighted by Crippen LogP contribution is 2.20. The van der Waals surface area contributed by atoms with Crippen LogP contribution < -0.4 is 5.73 Å². The molecule has 0 aromatic rings. The minimum atomic E-state index is -0.211. The minimum Gasteiger partial charge on any atom is -0.322 e. The first kappa shape index (κ1) is 17.8. The zero-order valence-corrected chi connectivity index (χ0v) is 12.3. The molecule has 2 N–H and O–H groups in total. The molecule has 0 aliphatic heterocycles. The minimum absolute atomic E-state index is 0.118. The zero-order chi connectivity index (χ0) is 13.2. The molecule has 1 heteroatoms. The quantitative estimate of drug-likeness (QED) is 0.690. The molecule has 0 aliphatic carbocycles. The summed E-state index contributed by atoms with van der Waals surface area (Å²) in [6.45, 7) is 14.8. The van der Waals surface area contributed by atoms with Crippen molar-refractivity contribution in [3.8, 4) is 0 Å². The average molecular weight is 225 g/mol. The van der Waals surface area contributed by atoms with Crippen LogP contribution in [-0.4, -0.2) is 5.54 Å². The number of hydrogen-bond acceptors (Lipinski definition) is 1. The molecule has 0 rings (SSSR count). The Hall–Kier alpha value is -0.560. The largest absolute Gasteiger partial charge is 0.322 e. The van der Waals surface area contributed by atoms with E-state index in [1.807, 2.05) is 13.8 Å². The summed E-state index contributed by atoms with van der Waals surface area (Å²) in [4.78, 5) is 0. The van der Waals surface area contributed by atoms with E-state index >= 15 is 0 Å². The van der Waals surface area contributed by atoms with E-state index in [-0.39, 0.29) is 11.0 Å². The molecule has 0 unspecified atom stereocenters. The predicted octanol–water partition coefficient (Wildman–Crippen LogP) is 4.69. The molecule has 0 amide bonds. The molecule has 16 heavy (non-hydrogen) atoms. The fourth-order valence-electron chi connectivity index (χ4n) is 0.907. The summed E-state index contributed by atoms with van der Waals surface area (Å²) in [5.74, 6) is 0. The van der Waals surface area contributed by atoms with Gasteiger partial charge in [0.25, 0.3) is 0 Å². The Morgan fingerprint density at radius 1 is 0.875 bits per heavy atom. The van der Waals surface area contributed by atoms with E-state index in [4.69, 9.17) is 5.73 Å². The SMILES string of the molecule is CC/C=C\C(C)(C)/C=C\C(C)(C)N.CCC. The molecule has 0 fully saturated rings. The summed E-state index contributed by atoms with van der Waals surface area (Å²) in [5.41, 5.74) is 5.77. The molecule has 0 saturated carbocycles. The Bertz CT molecular complexity index is 204. The van der Waals surface area contributed by atoms with Crippen molar-refractivity contribution in [2.24, 2.45) is 11.1 Å². The molecule has 0 bridgehead atoms. The van der Waals surface area contributed by atoms with Crippen LogP contribution in [0.25, 0.3) is 0 Å². The molecule has 0 atom stereocenters. The molecule has 1 nitrogen and oxygen atoms in total. The third-order valence-electron chi connectivity index (χ3n) is 1.73. The molecular formula is C15H31N. The second-order valence-corrected chi connectivity index (χ2v) is 5.49. The first-order chi connectivity index (χ1) is 7.18. The van der Waals surface area contributed by atoms with E-state index in [0.29, 0.717) is 0 Å². The molecule has 0 heterocycles. The van der Waals surface area contributed by atoms with E-state index in [2.05, 4.69) is 58.9 Å². The Morgan fingerprint density at radius 3 is 1.62 bits per heavy atom. The number of allylic oxidation sites excluding steroid dienone is 3. The highest BCUT2D eigenvalue weighted by molar-refractivity contribution is 5.11. The zero-order valence-electron chi connectivity index (χ0n) is 12.3. The van der Waals surface area contributed by atoms with Gasteiger partial charge in [0.1, 0.15) is 0 Å². The third kappa shape index (κ3) is 15.9. The van der Waals surface area contributed by atoms with Gasteiger partial charge in [-0.3, -0.25) is 0 Å². The lowest BCUT2D eigenvalue weighted by Gasteiger charge is -2.18. The van der Waals surface area contributed by atoms with E-state index in [1.165, 1.54) is 6.42 Å². The molecule has 0 radical (unpaired) electrons. The van der Waals surface area contributed by atoms with Crippen molar-refractivity contribution in [1.29, 1.82) is 0 Å². The summed E-state index contributed by atoms with van der Waals surface area (Å²) in [7, 11) is 0. The van der Waals surface area contributed by atoms with Crippen LogP contribution in [0.5, 0.6) is 0 Å². The lowest BCUT2D eigenvalue weighted by molar-refractivity contribution is 0.593. The second kappa shape index (κ2) is 8.58. The first-order valence-corrected chi connectivity index (χ1v) is 6.35. The Morgan fingerprint density at radius 2 is 1.31 bits per heavy atom. The summed E-state index contributed by atoms with van der Waals surface area (Å²) in [6.07, 6.45) is 11.0. The van der Waals surface area contributed by atoms with Crippen LogP contribution >= 0.6 is 0 Å². The van der Waals surface area contributed by atoms with Crippen molar-refractivity contribution in [1.82, 2.24) is 0 Å². The van der Waals surface area contributed by atoms with Crippen LogP contribution in [-0.2, 0) is 0 Å². The van der Waals surface area contributed by atoms with Crippen molar-refractivity contribution < 1.29 is 0 Å². The third-order valence-corrected chi connectivity index (χ3v) is 1.73. The van der Waals surface area contributed by atoms with Crippen LogP contribution in [0.1, 0.15) is 61.3 Å². The van der Waals surface area contributed by atoms with Crippen LogP contribution in [0, 0.1) is 5.41 Å². The standard InChI is InChI=1S/C12H23N.C3H8/c1-6-7-8-11(2,3)9-10-12(4,5)13;1-3-2/h7-10H,6,13H2,1-5H3;3H2,1-2H3/b8-7-,10-9-;. The number of rotatable bonds is 4. The van der Waals surface area contributed by atoms with Gasteiger partial charge in [-0.15, -0.1) is 0 Å². The number of nitrogens with two attached hydrogens (primary N) is 1. The molecular weight excluding hydrogens is 194 g/mol. The molecule has 0 aromatic heterocycles. The topological polar surface area (TPSA) is 26.0 Å². The fraction of sp³-hybridized carbons (Fsp3) is 0.733. The highest BCUT2D eigenvalue weighted by atomic mass is 14.7. The van der Waals surface area contributed by atoms with Gasteiger partial charge in [0.05, 0.1) is 0 Å². The maximum atomic E-state index is 5.86. The Kier molecular flexibility index (Phi) is 9.55. The van der Waals surface area contributed by atoms with Gasteiger partial charge in [-0.25, -0.2) is 0 Å². The summed E-state index contributed by atoms with van der Waals surface area (Å²) in [5, 5.41) is 0.